The van der Waals surface area contributed by atoms with Gasteiger partial charge >= 0.3 is 0 Å². The lowest BCUT2D eigenvalue weighted by Gasteiger charge is -2.20. The summed E-state index contributed by atoms with van der Waals surface area (Å²) in [6.45, 7) is 9.42. The highest BCUT2D eigenvalue weighted by Crippen LogP contribution is 2.32. The van der Waals surface area contributed by atoms with Gasteiger partial charge in [-0.3, -0.25) is 0 Å². The summed E-state index contributed by atoms with van der Waals surface area (Å²) in [5.41, 5.74) is 0. The second kappa shape index (κ2) is 6.52. The number of rotatable bonds is 6. The van der Waals surface area contributed by atoms with E-state index < -0.39 is 0 Å². The summed E-state index contributed by atoms with van der Waals surface area (Å²) in [4.78, 5) is 0. The van der Waals surface area contributed by atoms with E-state index in [0.717, 1.165) is 23.9 Å². The molecule has 4 unspecified atom stereocenters. The van der Waals surface area contributed by atoms with Crippen LogP contribution in [0.2, 0.25) is 0 Å². The highest BCUT2D eigenvalue weighted by molar-refractivity contribution is 4.92. The summed E-state index contributed by atoms with van der Waals surface area (Å²) < 4.78 is 0. The lowest BCUT2D eigenvalue weighted by molar-refractivity contribution is 0.338. The van der Waals surface area contributed by atoms with Crippen molar-refractivity contribution in [1.82, 2.24) is 5.32 Å². The predicted molar refractivity (Wildman–Crippen MR) is 68.1 cm³/mol. The van der Waals surface area contributed by atoms with E-state index in [0.29, 0.717) is 0 Å². The van der Waals surface area contributed by atoms with Crippen LogP contribution < -0.4 is 5.32 Å². The molecule has 15 heavy (non-hydrogen) atoms. The summed E-state index contributed by atoms with van der Waals surface area (Å²) in [6, 6.07) is 1.54. The van der Waals surface area contributed by atoms with Gasteiger partial charge in [-0.2, -0.15) is 0 Å². The minimum absolute atomic E-state index is 0.742. The van der Waals surface area contributed by atoms with E-state index in [1.54, 1.807) is 0 Å². The van der Waals surface area contributed by atoms with Gasteiger partial charge in [-0.15, -0.1) is 0 Å². The molecule has 1 heterocycles. The third kappa shape index (κ3) is 3.48. The van der Waals surface area contributed by atoms with Crippen LogP contribution in [0.5, 0.6) is 0 Å². The van der Waals surface area contributed by atoms with Crippen molar-refractivity contribution in [2.45, 2.75) is 78.3 Å². The maximum absolute atomic E-state index is 3.80. The maximum atomic E-state index is 3.80. The Kier molecular flexibility index (Phi) is 5.66. The van der Waals surface area contributed by atoms with Gasteiger partial charge in [0.1, 0.15) is 0 Å². The van der Waals surface area contributed by atoms with E-state index in [1.165, 1.54) is 38.5 Å². The van der Waals surface area contributed by atoms with Gasteiger partial charge in [-0.05, 0) is 31.6 Å². The Morgan fingerprint density at radius 2 is 1.67 bits per heavy atom. The second-order valence-electron chi connectivity index (χ2n) is 5.37. The average Bonchev–Trinajstić information content (AvgIpc) is 2.47. The third-order valence-electron chi connectivity index (χ3n) is 4.17. The van der Waals surface area contributed by atoms with E-state index in [-0.39, 0.29) is 0 Å². The molecule has 4 atom stereocenters. The van der Waals surface area contributed by atoms with Crippen molar-refractivity contribution in [2.75, 3.05) is 0 Å². The fourth-order valence-electron chi connectivity index (χ4n) is 3.17. The fraction of sp³-hybridized carbons (Fsp3) is 1.00. The lowest BCUT2D eigenvalue weighted by Crippen LogP contribution is -2.29. The average molecular weight is 211 g/mol. The third-order valence-corrected chi connectivity index (χ3v) is 4.17. The smallest absolute Gasteiger partial charge is 0.00985 e. The Balaban J connectivity index is 2.35. The number of hydrogen-bond acceptors (Lipinski definition) is 1. The monoisotopic (exact) mass is 211 g/mol. The SMILES string of the molecule is CCCCCC1NC(C)C(CCC)C1C. The minimum Gasteiger partial charge on any atom is -0.311 e. The molecule has 90 valence electrons. The molecule has 0 aliphatic carbocycles. The van der Waals surface area contributed by atoms with Crippen molar-refractivity contribution in [3.05, 3.63) is 0 Å². The number of hydrogen-bond donors (Lipinski definition) is 1. The van der Waals surface area contributed by atoms with E-state index in [9.17, 15) is 0 Å². The van der Waals surface area contributed by atoms with Crippen molar-refractivity contribution in [3.63, 3.8) is 0 Å². The molecule has 1 heteroatoms. The molecule has 0 aromatic rings. The number of unbranched alkanes of at least 4 members (excludes halogenated alkanes) is 2. The summed E-state index contributed by atoms with van der Waals surface area (Å²) in [5, 5.41) is 3.80. The topological polar surface area (TPSA) is 12.0 Å². The van der Waals surface area contributed by atoms with Gasteiger partial charge in [-0.1, -0.05) is 46.5 Å². The Labute approximate surface area is 96.0 Å². The van der Waals surface area contributed by atoms with Gasteiger partial charge in [-0.25, -0.2) is 0 Å². The highest BCUT2D eigenvalue weighted by Gasteiger charge is 2.36. The van der Waals surface area contributed by atoms with Crippen LogP contribution in [0, 0.1) is 11.8 Å². The van der Waals surface area contributed by atoms with Crippen LogP contribution in [-0.2, 0) is 0 Å². The van der Waals surface area contributed by atoms with Gasteiger partial charge in [0.25, 0.3) is 0 Å². The van der Waals surface area contributed by atoms with Crippen LogP contribution in [0.15, 0.2) is 0 Å². The molecular weight excluding hydrogens is 182 g/mol. The molecule has 1 rings (SSSR count). The minimum atomic E-state index is 0.742. The van der Waals surface area contributed by atoms with Gasteiger partial charge in [0.05, 0.1) is 0 Å². The zero-order valence-corrected chi connectivity index (χ0v) is 11.1. The van der Waals surface area contributed by atoms with Crippen molar-refractivity contribution in [1.29, 1.82) is 0 Å². The van der Waals surface area contributed by atoms with Crippen LogP contribution in [0.3, 0.4) is 0 Å². The maximum Gasteiger partial charge on any atom is 0.00985 e. The lowest BCUT2D eigenvalue weighted by atomic mass is 9.84. The molecule has 1 nitrogen and oxygen atoms in total. The van der Waals surface area contributed by atoms with E-state index >= 15 is 0 Å². The summed E-state index contributed by atoms with van der Waals surface area (Å²) >= 11 is 0. The van der Waals surface area contributed by atoms with Crippen LogP contribution in [0.25, 0.3) is 0 Å². The van der Waals surface area contributed by atoms with Crippen LogP contribution in [0.4, 0.5) is 0 Å². The Hall–Kier alpha value is -0.0400. The molecule has 1 fully saturated rings. The molecule has 0 saturated carbocycles. The van der Waals surface area contributed by atoms with Crippen LogP contribution >= 0.6 is 0 Å². The van der Waals surface area contributed by atoms with Crippen LogP contribution in [0.1, 0.15) is 66.2 Å². The first-order chi connectivity index (χ1) is 7.20. The van der Waals surface area contributed by atoms with Gasteiger partial charge in [0.15, 0.2) is 0 Å². The van der Waals surface area contributed by atoms with Crippen LogP contribution in [-0.4, -0.2) is 12.1 Å². The number of nitrogens with one attached hydrogen (secondary N) is 1. The first kappa shape index (κ1) is 13.0. The fourth-order valence-corrected chi connectivity index (χ4v) is 3.17. The Bertz CT molecular complexity index is 167. The summed E-state index contributed by atoms with van der Waals surface area (Å²) in [7, 11) is 0. The molecule has 0 spiro atoms. The Morgan fingerprint density at radius 3 is 2.27 bits per heavy atom. The highest BCUT2D eigenvalue weighted by atomic mass is 15.0. The Morgan fingerprint density at radius 1 is 0.933 bits per heavy atom. The molecule has 0 amide bonds. The molecule has 0 radical (unpaired) electrons. The molecule has 1 N–H and O–H groups in total. The molecule has 0 aromatic carbocycles. The van der Waals surface area contributed by atoms with Crippen molar-refractivity contribution < 1.29 is 0 Å². The van der Waals surface area contributed by atoms with Crippen molar-refractivity contribution in [3.8, 4) is 0 Å². The zero-order chi connectivity index (χ0) is 11.3. The molecule has 1 aliphatic rings. The van der Waals surface area contributed by atoms with E-state index in [4.69, 9.17) is 0 Å². The van der Waals surface area contributed by atoms with Crippen molar-refractivity contribution >= 4 is 0 Å². The first-order valence-corrected chi connectivity index (χ1v) is 6.96. The second-order valence-corrected chi connectivity index (χ2v) is 5.37. The van der Waals surface area contributed by atoms with E-state index in [2.05, 4.69) is 33.0 Å². The summed E-state index contributed by atoms with van der Waals surface area (Å²) in [6.07, 6.45) is 8.28. The van der Waals surface area contributed by atoms with E-state index in [1.807, 2.05) is 0 Å². The quantitative estimate of drug-likeness (QED) is 0.655. The molecule has 0 aromatic heterocycles. The zero-order valence-electron chi connectivity index (χ0n) is 11.1. The van der Waals surface area contributed by atoms with Gasteiger partial charge < -0.3 is 5.32 Å². The molecule has 0 bridgehead atoms. The first-order valence-electron chi connectivity index (χ1n) is 6.96. The largest absolute Gasteiger partial charge is 0.311 e. The normalized spacial score (nSPS) is 36.0. The molecule has 1 saturated heterocycles. The standard InChI is InChI=1S/C14H29N/c1-5-7-8-10-14-11(3)13(9-6-2)12(4)15-14/h11-15H,5-10H2,1-4H3. The van der Waals surface area contributed by atoms with Gasteiger partial charge in [0, 0.05) is 12.1 Å². The summed E-state index contributed by atoms with van der Waals surface area (Å²) in [5.74, 6) is 1.80. The van der Waals surface area contributed by atoms with Gasteiger partial charge in [0.2, 0.25) is 0 Å². The molecule has 1 aliphatic heterocycles. The van der Waals surface area contributed by atoms with Crippen molar-refractivity contribution in [2.24, 2.45) is 11.8 Å². The molecular formula is C14H29N. The predicted octanol–water partition coefficient (Wildman–Crippen LogP) is 3.98.